The van der Waals surface area contributed by atoms with Crippen LogP contribution in [0.5, 0.6) is 5.88 Å². The minimum absolute atomic E-state index is 0.0338. The number of rotatable bonds is 7. The molecule has 1 aromatic heterocycles. The van der Waals surface area contributed by atoms with Gasteiger partial charge in [0.1, 0.15) is 6.10 Å². The number of hydrogen-bond donors (Lipinski definition) is 0. The molecule has 2 heterocycles. The molecule has 0 saturated carbocycles. The molecule has 0 radical (unpaired) electrons. The zero-order valence-electron chi connectivity index (χ0n) is 18.7. The van der Waals surface area contributed by atoms with Crippen LogP contribution in [-0.2, 0) is 4.79 Å². The molecule has 6 heteroatoms. The Morgan fingerprint density at radius 2 is 1.66 bits per heavy atom. The lowest BCUT2D eigenvalue weighted by atomic mass is 9.88. The lowest BCUT2D eigenvalue weighted by Gasteiger charge is -2.34. The number of nitrogens with zero attached hydrogens (tertiary/aromatic N) is 4. The van der Waals surface area contributed by atoms with Crippen molar-refractivity contribution in [2.45, 2.75) is 31.3 Å². The lowest BCUT2D eigenvalue weighted by molar-refractivity contribution is -0.134. The zero-order valence-corrected chi connectivity index (χ0v) is 18.7. The number of benzene rings is 2. The predicted molar refractivity (Wildman–Crippen MR) is 126 cm³/mol. The Hall–Kier alpha value is -3.41. The van der Waals surface area contributed by atoms with E-state index in [9.17, 15) is 4.79 Å². The molecular formula is C26H30N4O2. The SMILES string of the molecule is CN(C)c1nccnc1OC1CCCN(C(=O)CC(c2ccccc2)c2ccccc2)C1. The number of carbonyl (C=O) groups is 1. The predicted octanol–water partition coefficient (Wildman–Crippen LogP) is 4.13. The number of amides is 1. The number of piperidine rings is 1. The first-order chi connectivity index (χ1) is 15.6. The fourth-order valence-corrected chi connectivity index (χ4v) is 4.23. The van der Waals surface area contributed by atoms with Gasteiger partial charge in [-0.2, -0.15) is 0 Å². The summed E-state index contributed by atoms with van der Waals surface area (Å²) in [4.78, 5) is 25.9. The molecule has 0 N–H and O–H groups in total. The summed E-state index contributed by atoms with van der Waals surface area (Å²) in [6.45, 7) is 1.33. The number of ether oxygens (including phenoxy) is 1. The molecule has 1 fully saturated rings. The van der Waals surface area contributed by atoms with Gasteiger partial charge in [0, 0.05) is 45.4 Å². The Labute approximate surface area is 189 Å². The van der Waals surface area contributed by atoms with E-state index in [1.54, 1.807) is 12.4 Å². The van der Waals surface area contributed by atoms with E-state index in [0.29, 0.717) is 24.7 Å². The van der Waals surface area contributed by atoms with Gasteiger partial charge >= 0.3 is 0 Å². The maximum Gasteiger partial charge on any atom is 0.257 e. The second-order valence-electron chi connectivity index (χ2n) is 8.38. The van der Waals surface area contributed by atoms with Crippen LogP contribution >= 0.6 is 0 Å². The summed E-state index contributed by atoms with van der Waals surface area (Å²) in [5.74, 6) is 1.40. The maximum atomic E-state index is 13.4. The molecule has 0 bridgehead atoms. The largest absolute Gasteiger partial charge is 0.470 e. The van der Waals surface area contributed by atoms with Gasteiger partial charge in [-0.05, 0) is 24.0 Å². The van der Waals surface area contributed by atoms with Crippen LogP contribution in [0.25, 0.3) is 0 Å². The summed E-state index contributed by atoms with van der Waals surface area (Å²) in [6, 6.07) is 20.5. The van der Waals surface area contributed by atoms with Crippen molar-refractivity contribution in [2.75, 3.05) is 32.1 Å². The molecule has 4 rings (SSSR count). The third-order valence-electron chi connectivity index (χ3n) is 5.86. The molecule has 6 nitrogen and oxygen atoms in total. The second kappa shape index (κ2) is 10.3. The van der Waals surface area contributed by atoms with Crippen LogP contribution in [0.3, 0.4) is 0 Å². The molecule has 2 aromatic carbocycles. The highest BCUT2D eigenvalue weighted by Crippen LogP contribution is 2.30. The van der Waals surface area contributed by atoms with Crippen molar-refractivity contribution in [1.82, 2.24) is 14.9 Å². The van der Waals surface area contributed by atoms with Gasteiger partial charge in [-0.25, -0.2) is 9.97 Å². The van der Waals surface area contributed by atoms with Crippen molar-refractivity contribution >= 4 is 11.7 Å². The number of aromatic nitrogens is 2. The first-order valence-electron chi connectivity index (χ1n) is 11.1. The van der Waals surface area contributed by atoms with Crippen molar-refractivity contribution in [3.63, 3.8) is 0 Å². The third-order valence-corrected chi connectivity index (χ3v) is 5.86. The highest BCUT2D eigenvalue weighted by Gasteiger charge is 2.28. The lowest BCUT2D eigenvalue weighted by Crippen LogP contribution is -2.45. The first kappa shape index (κ1) is 21.8. The van der Waals surface area contributed by atoms with E-state index in [1.165, 1.54) is 0 Å². The van der Waals surface area contributed by atoms with Crippen molar-refractivity contribution in [3.05, 3.63) is 84.2 Å². The van der Waals surface area contributed by atoms with E-state index >= 15 is 0 Å². The fourth-order valence-electron chi connectivity index (χ4n) is 4.23. The molecule has 1 aliphatic heterocycles. The minimum atomic E-state index is -0.0880. The molecule has 3 aromatic rings. The Morgan fingerprint density at radius 1 is 1.03 bits per heavy atom. The third kappa shape index (κ3) is 5.25. The minimum Gasteiger partial charge on any atom is -0.470 e. The summed E-state index contributed by atoms with van der Waals surface area (Å²) >= 11 is 0. The Balaban J connectivity index is 1.46. The van der Waals surface area contributed by atoms with Gasteiger partial charge in [0.15, 0.2) is 5.82 Å². The van der Waals surface area contributed by atoms with Gasteiger partial charge in [-0.3, -0.25) is 4.79 Å². The Bertz CT molecular complexity index is 971. The molecule has 1 saturated heterocycles. The summed E-state index contributed by atoms with van der Waals surface area (Å²) in [6.07, 6.45) is 5.46. The van der Waals surface area contributed by atoms with Crippen molar-refractivity contribution in [1.29, 1.82) is 0 Å². The van der Waals surface area contributed by atoms with E-state index < -0.39 is 0 Å². The summed E-state index contributed by atoms with van der Waals surface area (Å²) in [5.41, 5.74) is 2.32. The quantitative estimate of drug-likeness (QED) is 0.564. The van der Waals surface area contributed by atoms with Crippen LogP contribution in [-0.4, -0.2) is 54.1 Å². The molecule has 1 atom stereocenters. The van der Waals surface area contributed by atoms with E-state index in [-0.39, 0.29) is 17.9 Å². The molecular weight excluding hydrogens is 400 g/mol. The molecule has 1 aliphatic rings. The van der Waals surface area contributed by atoms with E-state index in [1.807, 2.05) is 60.3 Å². The first-order valence-corrected chi connectivity index (χ1v) is 11.1. The molecule has 1 amide bonds. The van der Waals surface area contributed by atoms with Crippen LogP contribution in [0, 0.1) is 0 Å². The average Bonchev–Trinajstić information content (AvgIpc) is 2.84. The van der Waals surface area contributed by atoms with E-state index in [2.05, 4.69) is 34.2 Å². The van der Waals surface area contributed by atoms with E-state index in [4.69, 9.17) is 4.74 Å². The monoisotopic (exact) mass is 430 g/mol. The highest BCUT2D eigenvalue weighted by molar-refractivity contribution is 5.78. The summed E-state index contributed by atoms with van der Waals surface area (Å²) in [5, 5.41) is 0. The standard InChI is InChI=1S/C26H30N4O2/c1-29(2)25-26(28-16-15-27-25)32-22-14-9-17-30(19-22)24(31)18-23(20-10-5-3-6-11-20)21-12-7-4-8-13-21/h3-8,10-13,15-16,22-23H,9,14,17-19H2,1-2H3. The van der Waals surface area contributed by atoms with E-state index in [0.717, 1.165) is 30.5 Å². The Morgan fingerprint density at radius 3 is 2.28 bits per heavy atom. The smallest absolute Gasteiger partial charge is 0.257 e. The van der Waals surface area contributed by atoms with Gasteiger partial charge in [0.05, 0.1) is 6.54 Å². The van der Waals surface area contributed by atoms with Crippen LogP contribution in [0.4, 0.5) is 5.82 Å². The van der Waals surface area contributed by atoms with Crippen LogP contribution < -0.4 is 9.64 Å². The van der Waals surface area contributed by atoms with Crippen molar-refractivity contribution < 1.29 is 9.53 Å². The highest BCUT2D eigenvalue weighted by atomic mass is 16.5. The fraction of sp³-hybridized carbons (Fsp3) is 0.346. The molecule has 0 aliphatic carbocycles. The van der Waals surface area contributed by atoms with Gasteiger partial charge in [-0.1, -0.05) is 60.7 Å². The molecule has 1 unspecified atom stereocenters. The number of likely N-dealkylation sites (tertiary alicyclic amines) is 1. The maximum absolute atomic E-state index is 13.4. The van der Waals surface area contributed by atoms with Gasteiger partial charge in [0.2, 0.25) is 5.91 Å². The van der Waals surface area contributed by atoms with Gasteiger partial charge < -0.3 is 14.5 Å². The average molecular weight is 431 g/mol. The number of anilines is 1. The summed E-state index contributed by atoms with van der Waals surface area (Å²) in [7, 11) is 3.84. The number of hydrogen-bond acceptors (Lipinski definition) is 5. The van der Waals surface area contributed by atoms with Gasteiger partial charge in [-0.15, -0.1) is 0 Å². The topological polar surface area (TPSA) is 58.6 Å². The van der Waals surface area contributed by atoms with Crippen LogP contribution in [0.1, 0.15) is 36.3 Å². The van der Waals surface area contributed by atoms with Crippen LogP contribution in [0.15, 0.2) is 73.1 Å². The normalized spacial score (nSPS) is 16.1. The Kier molecular flexibility index (Phi) is 7.00. The van der Waals surface area contributed by atoms with Crippen molar-refractivity contribution in [3.8, 4) is 5.88 Å². The van der Waals surface area contributed by atoms with Crippen LogP contribution in [0.2, 0.25) is 0 Å². The van der Waals surface area contributed by atoms with Crippen molar-refractivity contribution in [2.24, 2.45) is 0 Å². The summed E-state index contributed by atoms with van der Waals surface area (Å²) < 4.78 is 6.19. The molecule has 166 valence electrons. The molecule has 32 heavy (non-hydrogen) atoms. The second-order valence-corrected chi connectivity index (χ2v) is 8.38. The zero-order chi connectivity index (χ0) is 22.3. The number of carbonyl (C=O) groups excluding carboxylic acids is 1. The molecule has 0 spiro atoms. The van der Waals surface area contributed by atoms with Gasteiger partial charge in [0.25, 0.3) is 5.88 Å².